The normalized spacial score (nSPS) is 19.8. The summed E-state index contributed by atoms with van der Waals surface area (Å²) in [6, 6.07) is 7.85. The Labute approximate surface area is 164 Å². The average Bonchev–Trinajstić information content (AvgIpc) is 3.20. The first-order chi connectivity index (χ1) is 13.7. The Morgan fingerprint density at radius 2 is 2.04 bits per heavy atom. The van der Waals surface area contributed by atoms with Crippen LogP contribution in [0, 0.1) is 0 Å². The highest BCUT2D eigenvalue weighted by Gasteiger charge is 2.36. The Morgan fingerprint density at radius 3 is 2.82 bits per heavy atom. The molecule has 28 heavy (non-hydrogen) atoms. The van der Waals surface area contributed by atoms with Gasteiger partial charge in [-0.15, -0.1) is 0 Å². The largest absolute Gasteiger partial charge is 0.478 e. The van der Waals surface area contributed by atoms with Crippen molar-refractivity contribution in [1.82, 2.24) is 9.55 Å². The Bertz CT molecular complexity index is 857. The van der Waals surface area contributed by atoms with Crippen LogP contribution in [0.15, 0.2) is 36.8 Å². The van der Waals surface area contributed by atoms with E-state index >= 15 is 0 Å². The fourth-order valence-corrected chi connectivity index (χ4v) is 4.11. The number of fused-ring (bicyclic) bond motifs is 1. The Kier molecular flexibility index (Phi) is 5.32. The summed E-state index contributed by atoms with van der Waals surface area (Å²) < 4.78 is 12.7. The summed E-state index contributed by atoms with van der Waals surface area (Å²) in [5.41, 5.74) is 1.71. The zero-order valence-electron chi connectivity index (χ0n) is 16.0. The highest BCUT2D eigenvalue weighted by molar-refractivity contribution is 6.01. The van der Waals surface area contributed by atoms with Gasteiger partial charge >= 0.3 is 5.97 Å². The molecule has 1 atom stereocenters. The number of carbonyl (C=O) groups is 2. The minimum atomic E-state index is -0.881. The van der Waals surface area contributed by atoms with Crippen LogP contribution in [0.25, 0.3) is 0 Å². The van der Waals surface area contributed by atoms with Crippen molar-refractivity contribution in [1.29, 1.82) is 0 Å². The highest BCUT2D eigenvalue weighted by Crippen LogP contribution is 2.36. The molecule has 7 nitrogen and oxygen atoms in total. The molecule has 0 N–H and O–H groups in total. The topological polar surface area (TPSA) is 73.7 Å². The van der Waals surface area contributed by atoms with Gasteiger partial charge in [0.25, 0.3) is 5.91 Å². The van der Waals surface area contributed by atoms with Crippen LogP contribution < -0.4 is 9.64 Å². The zero-order chi connectivity index (χ0) is 19.5. The van der Waals surface area contributed by atoms with Gasteiger partial charge in [-0.05, 0) is 25.0 Å². The third kappa shape index (κ3) is 3.61. The molecule has 1 aliphatic heterocycles. The number of anilines is 1. The number of aromatic nitrogens is 2. The minimum Gasteiger partial charge on any atom is -0.478 e. The average molecular weight is 383 g/mol. The molecule has 0 saturated heterocycles. The van der Waals surface area contributed by atoms with E-state index in [1.165, 1.54) is 26.4 Å². The molecule has 7 heteroatoms. The van der Waals surface area contributed by atoms with Crippen molar-refractivity contribution in [3.8, 4) is 5.75 Å². The number of benzene rings is 1. The molecule has 1 aromatic heterocycles. The van der Waals surface area contributed by atoms with Gasteiger partial charge in [-0.3, -0.25) is 14.5 Å². The van der Waals surface area contributed by atoms with E-state index in [0.29, 0.717) is 24.0 Å². The molecule has 1 fully saturated rings. The smallest absolute Gasteiger partial charge is 0.309 e. The number of esters is 1. The third-order valence-corrected chi connectivity index (χ3v) is 5.58. The first-order valence-corrected chi connectivity index (χ1v) is 9.82. The summed E-state index contributed by atoms with van der Waals surface area (Å²) in [6.07, 6.45) is 8.72. The van der Waals surface area contributed by atoms with Gasteiger partial charge in [0.15, 0.2) is 6.10 Å². The van der Waals surface area contributed by atoms with Gasteiger partial charge in [0.1, 0.15) is 5.75 Å². The molecule has 1 aliphatic carbocycles. The number of methoxy groups -OCH3 is 1. The number of nitrogens with zero attached hydrogens (tertiary/aromatic N) is 3. The van der Waals surface area contributed by atoms with Crippen LogP contribution in [-0.2, 0) is 20.9 Å². The van der Waals surface area contributed by atoms with E-state index in [-0.39, 0.29) is 12.3 Å². The summed E-state index contributed by atoms with van der Waals surface area (Å²) in [4.78, 5) is 30.9. The summed E-state index contributed by atoms with van der Waals surface area (Å²) in [5.74, 6) is -0.106. The molecule has 0 bridgehead atoms. The van der Waals surface area contributed by atoms with Gasteiger partial charge in [0, 0.05) is 12.2 Å². The molecular weight excluding hydrogens is 358 g/mol. The summed E-state index contributed by atoms with van der Waals surface area (Å²) in [5, 5.41) is 0. The SMILES string of the molecule is COC(=O)C[C@H]1Oc2ccccc2N(Cc2cncn2C2CCCCC2)C1=O. The maximum atomic E-state index is 13.1. The van der Waals surface area contributed by atoms with E-state index in [9.17, 15) is 9.59 Å². The van der Waals surface area contributed by atoms with E-state index in [1.807, 2.05) is 36.8 Å². The second kappa shape index (κ2) is 8.04. The maximum Gasteiger partial charge on any atom is 0.309 e. The van der Waals surface area contributed by atoms with Gasteiger partial charge in [-0.1, -0.05) is 31.4 Å². The van der Waals surface area contributed by atoms with Crippen molar-refractivity contribution in [3.63, 3.8) is 0 Å². The molecule has 1 amide bonds. The fraction of sp³-hybridized carbons (Fsp3) is 0.476. The van der Waals surface area contributed by atoms with Gasteiger partial charge in [0.2, 0.25) is 0 Å². The molecule has 148 valence electrons. The second-order valence-corrected chi connectivity index (χ2v) is 7.36. The summed E-state index contributed by atoms with van der Waals surface area (Å²) >= 11 is 0. The Hall–Kier alpha value is -2.83. The lowest BCUT2D eigenvalue weighted by Gasteiger charge is -2.34. The lowest BCUT2D eigenvalue weighted by molar-refractivity contribution is -0.145. The van der Waals surface area contributed by atoms with Crippen LogP contribution in [0.2, 0.25) is 0 Å². The molecular formula is C21H25N3O4. The number of carbonyl (C=O) groups excluding carboxylic acids is 2. The number of rotatable bonds is 5. The highest BCUT2D eigenvalue weighted by atomic mass is 16.5. The van der Waals surface area contributed by atoms with E-state index in [1.54, 1.807) is 4.90 Å². The number of imidazole rings is 1. The quantitative estimate of drug-likeness (QED) is 0.741. The van der Waals surface area contributed by atoms with Crippen molar-refractivity contribution >= 4 is 17.6 Å². The lowest BCUT2D eigenvalue weighted by Crippen LogP contribution is -2.46. The molecule has 2 aromatic rings. The van der Waals surface area contributed by atoms with Gasteiger partial charge in [0.05, 0.1) is 37.8 Å². The Balaban J connectivity index is 1.62. The lowest BCUT2D eigenvalue weighted by atomic mass is 9.95. The van der Waals surface area contributed by atoms with Crippen molar-refractivity contribution in [2.24, 2.45) is 0 Å². The molecule has 0 radical (unpaired) electrons. The van der Waals surface area contributed by atoms with Crippen LogP contribution in [-0.4, -0.2) is 34.6 Å². The first-order valence-electron chi connectivity index (χ1n) is 9.82. The fourth-order valence-electron chi connectivity index (χ4n) is 4.11. The number of para-hydroxylation sites is 2. The molecule has 2 aliphatic rings. The van der Waals surface area contributed by atoms with Crippen molar-refractivity contribution in [2.75, 3.05) is 12.0 Å². The van der Waals surface area contributed by atoms with E-state index < -0.39 is 12.1 Å². The van der Waals surface area contributed by atoms with Crippen molar-refractivity contribution in [2.45, 2.75) is 57.2 Å². The zero-order valence-corrected chi connectivity index (χ0v) is 16.0. The molecule has 1 aromatic carbocycles. The molecule has 0 spiro atoms. The summed E-state index contributed by atoms with van der Waals surface area (Å²) in [7, 11) is 1.31. The first kappa shape index (κ1) is 18.5. The molecule has 4 rings (SSSR count). The van der Waals surface area contributed by atoms with Crippen LogP contribution in [0.1, 0.15) is 50.3 Å². The minimum absolute atomic E-state index is 0.109. The number of hydrogen-bond acceptors (Lipinski definition) is 5. The van der Waals surface area contributed by atoms with E-state index in [0.717, 1.165) is 18.5 Å². The van der Waals surface area contributed by atoms with Crippen molar-refractivity contribution < 1.29 is 19.1 Å². The molecule has 0 unspecified atom stereocenters. The van der Waals surface area contributed by atoms with Crippen LogP contribution in [0.4, 0.5) is 5.69 Å². The van der Waals surface area contributed by atoms with Gasteiger partial charge in [-0.2, -0.15) is 0 Å². The maximum absolute atomic E-state index is 13.1. The Morgan fingerprint density at radius 1 is 1.25 bits per heavy atom. The number of ether oxygens (including phenoxy) is 2. The van der Waals surface area contributed by atoms with E-state index in [4.69, 9.17) is 9.47 Å². The van der Waals surface area contributed by atoms with Crippen molar-refractivity contribution in [3.05, 3.63) is 42.5 Å². The summed E-state index contributed by atoms with van der Waals surface area (Å²) in [6.45, 7) is 0.396. The van der Waals surface area contributed by atoms with Crippen LogP contribution >= 0.6 is 0 Å². The second-order valence-electron chi connectivity index (χ2n) is 7.36. The number of amides is 1. The third-order valence-electron chi connectivity index (χ3n) is 5.58. The standard InChI is InChI=1S/C21H25N3O4/c1-27-20(25)11-19-21(26)23(17-9-5-6-10-18(17)28-19)13-16-12-22-14-24(16)15-7-3-2-4-8-15/h5-6,9-10,12,14-15,19H,2-4,7-8,11,13H2,1H3/t19-/m1/s1. The molecule has 2 heterocycles. The predicted molar refractivity (Wildman–Crippen MR) is 103 cm³/mol. The van der Waals surface area contributed by atoms with E-state index in [2.05, 4.69) is 9.55 Å². The van der Waals surface area contributed by atoms with Gasteiger partial charge in [-0.25, -0.2) is 4.98 Å². The molecule has 1 saturated carbocycles. The monoisotopic (exact) mass is 383 g/mol. The number of hydrogen-bond donors (Lipinski definition) is 0. The predicted octanol–water partition coefficient (Wildman–Crippen LogP) is 3.25. The van der Waals surface area contributed by atoms with Crippen LogP contribution in [0.3, 0.4) is 0 Å². The van der Waals surface area contributed by atoms with Crippen LogP contribution in [0.5, 0.6) is 5.75 Å². The van der Waals surface area contributed by atoms with Gasteiger partial charge < -0.3 is 14.0 Å².